The SMILES string of the molecule is O=C1N2CCN1c1cccc(n1)OCCOCCOCCOc1cccc(n1)N1CCN(C1=O)c1cccc(n1)OCCOCCOCCOc1cccc2n1. The van der Waals surface area contributed by atoms with Crippen molar-refractivity contribution < 1.29 is 47.5 Å². The minimum absolute atomic E-state index is 0.245. The zero-order valence-electron chi connectivity index (χ0n) is 30.9. The van der Waals surface area contributed by atoms with Gasteiger partial charge in [0.2, 0.25) is 23.5 Å². The molecule has 12 bridgehead atoms. The van der Waals surface area contributed by atoms with E-state index in [2.05, 4.69) is 19.9 Å². The van der Waals surface area contributed by atoms with Crippen molar-refractivity contribution in [1.82, 2.24) is 19.9 Å². The van der Waals surface area contributed by atoms with Gasteiger partial charge in [-0.3, -0.25) is 19.6 Å². The number of ether oxygens (including phenoxy) is 8. The largest absolute Gasteiger partial charge is 0.475 e. The Labute approximate surface area is 323 Å². The quantitative estimate of drug-likeness (QED) is 0.254. The molecule has 0 aromatic carbocycles. The van der Waals surface area contributed by atoms with Crippen molar-refractivity contribution in [3.8, 4) is 23.5 Å². The number of aromatic nitrogens is 4. The number of carbonyl (C=O) groups is 2. The number of carbonyl (C=O) groups excluding carboxylic acids is 2. The molecule has 0 radical (unpaired) electrons. The molecule has 2 saturated heterocycles. The molecule has 3 aliphatic heterocycles. The fourth-order valence-corrected chi connectivity index (χ4v) is 5.93. The number of amides is 4. The van der Waals surface area contributed by atoms with Gasteiger partial charge in [0.25, 0.3) is 0 Å². The second-order valence-electron chi connectivity index (χ2n) is 12.4. The number of hydrogen-bond acceptors (Lipinski definition) is 14. The predicted molar refractivity (Wildman–Crippen MR) is 202 cm³/mol. The van der Waals surface area contributed by atoms with E-state index in [-0.39, 0.29) is 38.5 Å². The van der Waals surface area contributed by atoms with E-state index in [1.165, 1.54) is 0 Å². The molecule has 0 aliphatic carbocycles. The highest BCUT2D eigenvalue weighted by molar-refractivity contribution is 6.05. The maximum atomic E-state index is 13.4. The Morgan fingerprint density at radius 2 is 0.571 bits per heavy atom. The van der Waals surface area contributed by atoms with Gasteiger partial charge in [-0.1, -0.05) is 24.3 Å². The molecule has 56 heavy (non-hydrogen) atoms. The van der Waals surface area contributed by atoms with Crippen molar-refractivity contribution in [2.45, 2.75) is 0 Å². The molecule has 18 nitrogen and oxygen atoms in total. The van der Waals surface area contributed by atoms with Gasteiger partial charge in [-0.25, -0.2) is 9.59 Å². The average molecular weight is 773 g/mol. The van der Waals surface area contributed by atoms with E-state index in [9.17, 15) is 9.59 Å². The van der Waals surface area contributed by atoms with E-state index in [1.54, 1.807) is 92.4 Å². The molecule has 2 fully saturated rings. The first kappa shape index (κ1) is 38.5. The second kappa shape index (κ2) is 19.7. The van der Waals surface area contributed by atoms with Crippen LogP contribution in [0.25, 0.3) is 0 Å². The molecule has 4 aromatic rings. The van der Waals surface area contributed by atoms with Crippen LogP contribution >= 0.6 is 0 Å². The standard InChI is InChI=1S/C38H44N8O10/c47-37-43-13-14-44(37)30-6-2-10-34(40-30)54-26-23-51-19-20-52-24-28-56-36-12-4-8-32(42-36)46-16-15-45(38(46)48)31-7-3-11-35(41-31)55-27-22-50-18-17-49-21-25-53-33-9-1-5-29(43)39-33/h1-12H,13-28H2. The molecule has 0 unspecified atom stereocenters. The van der Waals surface area contributed by atoms with Crippen LogP contribution in [0, 0.1) is 0 Å². The van der Waals surface area contributed by atoms with E-state index in [0.717, 1.165) is 0 Å². The number of nitrogens with zero attached hydrogens (tertiary/aromatic N) is 8. The van der Waals surface area contributed by atoms with Crippen LogP contribution in [0.1, 0.15) is 0 Å². The Morgan fingerprint density at radius 1 is 0.339 bits per heavy atom. The van der Waals surface area contributed by atoms with Crippen LogP contribution in [0.5, 0.6) is 23.5 Å². The fraction of sp³-hybridized carbons (Fsp3) is 0.421. The molecule has 7 heterocycles. The summed E-state index contributed by atoms with van der Waals surface area (Å²) in [7, 11) is 0. The summed E-state index contributed by atoms with van der Waals surface area (Å²) >= 11 is 0. The summed E-state index contributed by atoms with van der Waals surface area (Å²) in [6.45, 7) is 5.57. The average Bonchev–Trinajstić information content (AvgIpc) is 3.81. The Morgan fingerprint density at radius 3 is 0.821 bits per heavy atom. The van der Waals surface area contributed by atoms with E-state index < -0.39 is 0 Å². The van der Waals surface area contributed by atoms with E-state index >= 15 is 0 Å². The molecule has 0 saturated carbocycles. The van der Waals surface area contributed by atoms with E-state index in [1.807, 2.05) is 0 Å². The van der Waals surface area contributed by atoms with Gasteiger partial charge in [0.15, 0.2) is 0 Å². The number of hydrogen-bond donors (Lipinski definition) is 0. The lowest BCUT2D eigenvalue weighted by atomic mass is 10.4. The van der Waals surface area contributed by atoms with Crippen LogP contribution in [0.15, 0.2) is 72.8 Å². The molecule has 0 N–H and O–H groups in total. The summed E-state index contributed by atoms with van der Waals surface area (Å²) in [5.41, 5.74) is 0. The van der Waals surface area contributed by atoms with Gasteiger partial charge in [0.1, 0.15) is 49.7 Å². The highest BCUT2D eigenvalue weighted by Crippen LogP contribution is 2.27. The molecular formula is C38H44N8O10. The molecule has 4 aromatic heterocycles. The zero-order chi connectivity index (χ0) is 38.4. The molecule has 18 heteroatoms. The van der Waals surface area contributed by atoms with Crippen molar-refractivity contribution in [3.63, 3.8) is 0 Å². The van der Waals surface area contributed by atoms with Gasteiger partial charge < -0.3 is 37.9 Å². The van der Waals surface area contributed by atoms with Gasteiger partial charge in [0, 0.05) is 50.4 Å². The summed E-state index contributed by atoms with van der Waals surface area (Å²) in [4.78, 5) is 51.3. The number of fused-ring (bicyclic) bond motifs is 16. The first-order valence-corrected chi connectivity index (χ1v) is 18.5. The maximum absolute atomic E-state index is 13.4. The molecule has 3 aliphatic rings. The van der Waals surface area contributed by atoms with Gasteiger partial charge in [0.05, 0.1) is 52.9 Å². The molecule has 296 valence electrons. The minimum Gasteiger partial charge on any atom is -0.475 e. The third-order valence-corrected chi connectivity index (χ3v) is 8.61. The Balaban J connectivity index is 0.934. The van der Waals surface area contributed by atoms with Crippen molar-refractivity contribution in [2.24, 2.45) is 0 Å². The van der Waals surface area contributed by atoms with Gasteiger partial charge in [-0.05, 0) is 24.3 Å². The zero-order valence-corrected chi connectivity index (χ0v) is 30.9. The third kappa shape index (κ3) is 10.3. The Kier molecular flexibility index (Phi) is 13.5. The number of rotatable bonds is 0. The van der Waals surface area contributed by atoms with Crippen LogP contribution in [0.3, 0.4) is 0 Å². The molecule has 0 atom stereocenters. The van der Waals surface area contributed by atoms with Crippen LogP contribution in [-0.4, -0.2) is 137 Å². The predicted octanol–water partition coefficient (Wildman–Crippen LogP) is 3.46. The number of urea groups is 2. The fourth-order valence-electron chi connectivity index (χ4n) is 5.93. The first-order valence-electron chi connectivity index (χ1n) is 18.5. The van der Waals surface area contributed by atoms with Gasteiger partial charge >= 0.3 is 12.1 Å². The third-order valence-electron chi connectivity index (χ3n) is 8.61. The van der Waals surface area contributed by atoms with Crippen molar-refractivity contribution in [3.05, 3.63) is 72.8 Å². The normalized spacial score (nSPS) is 18.5. The number of pyridine rings is 4. The lowest BCUT2D eigenvalue weighted by molar-refractivity contribution is 0.0265. The van der Waals surface area contributed by atoms with Crippen molar-refractivity contribution >= 4 is 35.3 Å². The Bertz CT molecular complexity index is 1640. The molecule has 7 rings (SSSR count). The second-order valence-corrected chi connectivity index (χ2v) is 12.4. The topological polar surface area (TPSA) is 172 Å². The monoisotopic (exact) mass is 772 g/mol. The van der Waals surface area contributed by atoms with Gasteiger partial charge in [-0.15, -0.1) is 0 Å². The van der Waals surface area contributed by atoms with Crippen LogP contribution < -0.4 is 38.5 Å². The lowest BCUT2D eigenvalue weighted by Gasteiger charge is -2.18. The number of anilines is 4. The maximum Gasteiger partial charge on any atom is 0.331 e. The van der Waals surface area contributed by atoms with Crippen molar-refractivity contribution in [1.29, 1.82) is 0 Å². The first-order chi connectivity index (χ1) is 27.6. The summed E-state index contributed by atoms with van der Waals surface area (Å²) < 4.78 is 45.7. The highest BCUT2D eigenvalue weighted by Gasteiger charge is 2.34. The molecule has 4 amide bonds. The van der Waals surface area contributed by atoms with Crippen molar-refractivity contribution in [2.75, 3.05) is 125 Å². The molecular weight excluding hydrogens is 728 g/mol. The summed E-state index contributed by atoms with van der Waals surface area (Å²) in [6, 6.07) is 20.7. The summed E-state index contributed by atoms with van der Waals surface area (Å²) in [6.07, 6.45) is 0. The van der Waals surface area contributed by atoms with E-state index in [0.29, 0.717) is 126 Å². The van der Waals surface area contributed by atoms with Crippen LogP contribution in [0.2, 0.25) is 0 Å². The minimum atomic E-state index is -0.245. The van der Waals surface area contributed by atoms with E-state index in [4.69, 9.17) is 37.9 Å². The highest BCUT2D eigenvalue weighted by atomic mass is 16.6. The summed E-state index contributed by atoms with van der Waals surface area (Å²) in [5.74, 6) is 3.44. The molecule has 0 spiro atoms. The summed E-state index contributed by atoms with van der Waals surface area (Å²) in [5, 5.41) is 0. The van der Waals surface area contributed by atoms with Gasteiger partial charge in [-0.2, -0.15) is 19.9 Å². The lowest BCUT2D eigenvalue weighted by Crippen LogP contribution is -2.32. The van der Waals surface area contributed by atoms with Crippen LogP contribution in [-0.2, 0) is 18.9 Å². The Hall–Kier alpha value is -5.82. The smallest absolute Gasteiger partial charge is 0.331 e. The van der Waals surface area contributed by atoms with Crippen LogP contribution in [0.4, 0.5) is 32.9 Å².